The predicted octanol–water partition coefficient (Wildman–Crippen LogP) is 5.01. The Kier molecular flexibility index (Phi) is 6.54. The second-order valence-corrected chi connectivity index (χ2v) is 7.06. The normalized spacial score (nSPS) is 11.2. The number of hydrogen-bond donors (Lipinski definition) is 2. The van der Waals surface area contributed by atoms with Gasteiger partial charge < -0.3 is 10.6 Å². The minimum absolute atomic E-state index is 0.0117. The minimum Gasteiger partial charge on any atom is -0.326 e. The van der Waals surface area contributed by atoms with E-state index < -0.39 is 23.6 Å². The van der Waals surface area contributed by atoms with Crippen LogP contribution in [0.15, 0.2) is 41.3 Å². The fraction of sp³-hybridized carbons (Fsp3) is 0.263. The summed E-state index contributed by atoms with van der Waals surface area (Å²) in [6.45, 7) is 5.03. The highest BCUT2D eigenvalue weighted by molar-refractivity contribution is 8.00. The molecular weight excluding hydrogens is 377 g/mol. The number of rotatable bonds is 5. The van der Waals surface area contributed by atoms with Crippen molar-refractivity contribution in [1.82, 2.24) is 0 Å². The second-order valence-electron chi connectivity index (χ2n) is 6.05. The summed E-state index contributed by atoms with van der Waals surface area (Å²) in [6.07, 6.45) is -4.67. The van der Waals surface area contributed by atoms with E-state index in [1.807, 2.05) is 32.0 Å². The van der Waals surface area contributed by atoms with Crippen molar-refractivity contribution in [1.29, 1.82) is 0 Å². The Morgan fingerprint density at radius 2 is 1.74 bits per heavy atom. The Morgan fingerprint density at radius 1 is 1.04 bits per heavy atom. The number of anilines is 2. The Bertz CT molecular complexity index is 867. The molecule has 0 bridgehead atoms. The van der Waals surface area contributed by atoms with E-state index >= 15 is 0 Å². The number of carbonyl (C=O) groups excluding carboxylic acids is 2. The zero-order valence-electron chi connectivity index (χ0n) is 15.0. The summed E-state index contributed by atoms with van der Waals surface area (Å²) in [7, 11) is 0. The summed E-state index contributed by atoms with van der Waals surface area (Å²) >= 11 is 1.26. The van der Waals surface area contributed by atoms with Crippen LogP contribution in [0.4, 0.5) is 24.5 Å². The molecular formula is C19H19F3N2O2S. The van der Waals surface area contributed by atoms with E-state index in [4.69, 9.17) is 0 Å². The number of thioether (sulfide) groups is 1. The van der Waals surface area contributed by atoms with Gasteiger partial charge in [-0.15, -0.1) is 11.8 Å². The predicted molar refractivity (Wildman–Crippen MR) is 101 cm³/mol. The van der Waals surface area contributed by atoms with Crippen LogP contribution in [0.5, 0.6) is 0 Å². The third-order valence-corrected chi connectivity index (χ3v) is 4.78. The minimum atomic E-state index is -4.67. The Balaban J connectivity index is 2.14. The van der Waals surface area contributed by atoms with Crippen molar-refractivity contribution >= 4 is 35.0 Å². The fourth-order valence-electron chi connectivity index (χ4n) is 2.36. The maximum Gasteiger partial charge on any atom is 0.418 e. The molecule has 27 heavy (non-hydrogen) atoms. The first-order valence-corrected chi connectivity index (χ1v) is 9.03. The van der Waals surface area contributed by atoms with Crippen molar-refractivity contribution in [3.05, 3.63) is 53.1 Å². The highest BCUT2D eigenvalue weighted by Gasteiger charge is 2.34. The lowest BCUT2D eigenvalue weighted by atomic mass is 10.1. The average Bonchev–Trinajstić information content (AvgIpc) is 2.55. The molecule has 0 unspecified atom stereocenters. The molecule has 0 fully saturated rings. The van der Waals surface area contributed by atoms with E-state index in [0.717, 1.165) is 28.2 Å². The van der Waals surface area contributed by atoms with Gasteiger partial charge in [0, 0.05) is 17.5 Å². The van der Waals surface area contributed by atoms with Crippen molar-refractivity contribution < 1.29 is 22.8 Å². The van der Waals surface area contributed by atoms with Crippen LogP contribution in [0.3, 0.4) is 0 Å². The number of benzene rings is 2. The molecule has 0 spiro atoms. The van der Waals surface area contributed by atoms with Gasteiger partial charge in [-0.2, -0.15) is 13.2 Å². The first-order chi connectivity index (χ1) is 12.6. The van der Waals surface area contributed by atoms with Crippen LogP contribution < -0.4 is 10.6 Å². The number of hydrogen-bond acceptors (Lipinski definition) is 3. The van der Waals surface area contributed by atoms with Crippen LogP contribution in [-0.4, -0.2) is 17.6 Å². The summed E-state index contributed by atoms with van der Waals surface area (Å²) in [5.74, 6) is -1.04. The molecule has 0 aromatic heterocycles. The van der Waals surface area contributed by atoms with E-state index in [9.17, 15) is 22.8 Å². The lowest BCUT2D eigenvalue weighted by molar-refractivity contribution is -0.137. The largest absolute Gasteiger partial charge is 0.418 e. The van der Waals surface area contributed by atoms with Gasteiger partial charge >= 0.3 is 6.18 Å². The molecule has 2 aromatic rings. The molecule has 0 aliphatic rings. The van der Waals surface area contributed by atoms with Crippen LogP contribution in [0.25, 0.3) is 0 Å². The first kappa shape index (κ1) is 20.8. The van der Waals surface area contributed by atoms with Gasteiger partial charge in [-0.25, -0.2) is 0 Å². The highest BCUT2D eigenvalue weighted by Crippen LogP contribution is 2.36. The van der Waals surface area contributed by atoms with Gasteiger partial charge in [-0.05, 0) is 43.7 Å². The van der Waals surface area contributed by atoms with Crippen LogP contribution in [-0.2, 0) is 15.8 Å². The second kappa shape index (κ2) is 8.47. The Morgan fingerprint density at radius 3 is 2.37 bits per heavy atom. The number of halogens is 3. The standard InChI is InChI=1S/C19H19F3N2O2S/c1-11-4-5-12(2)17(8-11)27-10-18(26)24-16-7-6-14(23-13(3)25)9-15(16)19(20,21)22/h4-9H,10H2,1-3H3,(H,23,25)(H,24,26). The molecule has 2 rings (SSSR count). The van der Waals surface area contributed by atoms with Crippen molar-refractivity contribution in [2.75, 3.05) is 16.4 Å². The molecule has 4 nitrogen and oxygen atoms in total. The number of amides is 2. The third-order valence-electron chi connectivity index (χ3n) is 3.62. The molecule has 0 saturated heterocycles. The summed E-state index contributed by atoms with van der Waals surface area (Å²) in [4.78, 5) is 24.1. The quantitative estimate of drug-likeness (QED) is 0.699. The number of carbonyl (C=O) groups is 2. The zero-order valence-corrected chi connectivity index (χ0v) is 15.8. The molecule has 2 N–H and O–H groups in total. The summed E-state index contributed by atoms with van der Waals surface area (Å²) in [5.41, 5.74) is 0.685. The molecule has 2 aromatic carbocycles. The topological polar surface area (TPSA) is 58.2 Å². The van der Waals surface area contributed by atoms with Crippen LogP contribution in [0, 0.1) is 13.8 Å². The summed E-state index contributed by atoms with van der Waals surface area (Å²) in [6, 6.07) is 9.05. The van der Waals surface area contributed by atoms with Gasteiger partial charge in [0.05, 0.1) is 17.0 Å². The third kappa shape index (κ3) is 6.02. The van der Waals surface area contributed by atoms with E-state index in [1.165, 1.54) is 24.8 Å². The zero-order chi connectivity index (χ0) is 20.2. The van der Waals surface area contributed by atoms with Crippen molar-refractivity contribution in [3.63, 3.8) is 0 Å². The average molecular weight is 396 g/mol. The van der Waals surface area contributed by atoms with Crippen molar-refractivity contribution in [3.8, 4) is 0 Å². The highest BCUT2D eigenvalue weighted by atomic mass is 32.2. The van der Waals surface area contributed by atoms with Crippen molar-refractivity contribution in [2.45, 2.75) is 31.8 Å². The first-order valence-electron chi connectivity index (χ1n) is 8.05. The van der Waals surface area contributed by atoms with E-state index in [-0.39, 0.29) is 17.1 Å². The number of alkyl halides is 3. The van der Waals surface area contributed by atoms with E-state index in [1.54, 1.807) is 0 Å². The SMILES string of the molecule is CC(=O)Nc1ccc(NC(=O)CSc2cc(C)ccc2C)c(C(F)(F)F)c1. The van der Waals surface area contributed by atoms with E-state index in [0.29, 0.717) is 0 Å². The summed E-state index contributed by atoms with van der Waals surface area (Å²) < 4.78 is 39.9. The molecule has 144 valence electrons. The number of aryl methyl sites for hydroxylation is 2. The molecule has 0 saturated carbocycles. The molecule has 0 radical (unpaired) electrons. The maximum atomic E-state index is 13.3. The van der Waals surface area contributed by atoms with Crippen LogP contribution in [0.2, 0.25) is 0 Å². The van der Waals surface area contributed by atoms with Gasteiger partial charge in [0.1, 0.15) is 0 Å². The Labute approximate surface area is 159 Å². The molecule has 0 aliphatic carbocycles. The van der Waals surface area contributed by atoms with E-state index in [2.05, 4.69) is 10.6 Å². The molecule has 2 amide bonds. The lowest BCUT2D eigenvalue weighted by Gasteiger charge is -2.15. The monoisotopic (exact) mass is 396 g/mol. The fourth-order valence-corrected chi connectivity index (χ4v) is 3.28. The molecule has 8 heteroatoms. The van der Waals surface area contributed by atoms with Gasteiger partial charge in [0.15, 0.2) is 0 Å². The molecule has 0 heterocycles. The smallest absolute Gasteiger partial charge is 0.326 e. The van der Waals surface area contributed by atoms with Gasteiger partial charge in [0.25, 0.3) is 0 Å². The van der Waals surface area contributed by atoms with Gasteiger partial charge in [0.2, 0.25) is 11.8 Å². The Hall–Kier alpha value is -2.48. The van der Waals surface area contributed by atoms with Gasteiger partial charge in [-0.1, -0.05) is 17.7 Å². The molecule has 0 atom stereocenters. The van der Waals surface area contributed by atoms with Crippen LogP contribution in [0.1, 0.15) is 23.6 Å². The molecule has 0 aliphatic heterocycles. The maximum absolute atomic E-state index is 13.3. The van der Waals surface area contributed by atoms with Crippen LogP contribution >= 0.6 is 11.8 Å². The number of nitrogens with one attached hydrogen (secondary N) is 2. The summed E-state index contributed by atoms with van der Waals surface area (Å²) in [5, 5.41) is 4.61. The lowest BCUT2D eigenvalue weighted by Crippen LogP contribution is -2.18. The van der Waals surface area contributed by atoms with Gasteiger partial charge in [-0.3, -0.25) is 9.59 Å². The van der Waals surface area contributed by atoms with Crippen molar-refractivity contribution in [2.24, 2.45) is 0 Å².